The molecule has 0 aliphatic rings. The second-order valence-corrected chi connectivity index (χ2v) is 5.15. The Bertz CT molecular complexity index is 172. The van der Waals surface area contributed by atoms with Crippen molar-refractivity contribution in [3.8, 4) is 0 Å². The lowest BCUT2D eigenvalue weighted by atomic mass is 10.0. The Kier molecular flexibility index (Phi) is 7.93. The van der Waals surface area contributed by atoms with E-state index in [9.17, 15) is 0 Å². The highest BCUT2D eigenvalue weighted by atomic mass is 16.3. The normalized spacial score (nSPS) is 15.8. The monoisotopic (exact) mass is 231 g/mol. The SMILES string of the molecule is CCN(CCCN(C)C)CCC(C)(N)CO. The van der Waals surface area contributed by atoms with E-state index in [-0.39, 0.29) is 6.61 Å². The third-order valence-electron chi connectivity index (χ3n) is 2.89. The van der Waals surface area contributed by atoms with Gasteiger partial charge in [-0.15, -0.1) is 0 Å². The molecule has 0 bridgehead atoms. The molecule has 0 aromatic carbocycles. The largest absolute Gasteiger partial charge is 0.394 e. The zero-order valence-corrected chi connectivity index (χ0v) is 11.4. The van der Waals surface area contributed by atoms with Gasteiger partial charge in [0.25, 0.3) is 0 Å². The highest BCUT2D eigenvalue weighted by molar-refractivity contribution is 4.78. The fraction of sp³-hybridized carbons (Fsp3) is 1.00. The maximum atomic E-state index is 9.08. The van der Waals surface area contributed by atoms with Gasteiger partial charge in [0, 0.05) is 5.54 Å². The van der Waals surface area contributed by atoms with Gasteiger partial charge in [0.2, 0.25) is 0 Å². The van der Waals surface area contributed by atoms with E-state index < -0.39 is 5.54 Å². The predicted octanol–water partition coefficient (Wildman–Crippen LogP) is 0.360. The fourth-order valence-corrected chi connectivity index (χ4v) is 1.53. The Morgan fingerprint density at radius 3 is 2.25 bits per heavy atom. The molecule has 1 atom stereocenters. The summed E-state index contributed by atoms with van der Waals surface area (Å²) in [4.78, 5) is 4.60. The second kappa shape index (κ2) is 8.01. The van der Waals surface area contributed by atoms with Crippen molar-refractivity contribution in [2.75, 3.05) is 46.9 Å². The molecule has 0 aliphatic heterocycles. The van der Waals surface area contributed by atoms with Crippen LogP contribution in [-0.4, -0.2) is 67.3 Å². The van der Waals surface area contributed by atoms with Crippen LogP contribution in [0.2, 0.25) is 0 Å². The van der Waals surface area contributed by atoms with E-state index in [0.29, 0.717) is 0 Å². The van der Waals surface area contributed by atoms with Crippen LogP contribution in [0.5, 0.6) is 0 Å². The van der Waals surface area contributed by atoms with Crippen LogP contribution in [0.1, 0.15) is 26.7 Å². The van der Waals surface area contributed by atoms with Gasteiger partial charge in [-0.3, -0.25) is 0 Å². The van der Waals surface area contributed by atoms with Gasteiger partial charge in [-0.25, -0.2) is 0 Å². The van der Waals surface area contributed by atoms with Crippen molar-refractivity contribution in [2.45, 2.75) is 32.2 Å². The van der Waals surface area contributed by atoms with Crippen LogP contribution in [0.15, 0.2) is 0 Å². The molecule has 0 saturated heterocycles. The van der Waals surface area contributed by atoms with Crippen LogP contribution < -0.4 is 5.73 Å². The molecule has 0 heterocycles. The maximum absolute atomic E-state index is 9.08. The quantitative estimate of drug-likeness (QED) is 0.601. The van der Waals surface area contributed by atoms with E-state index in [1.54, 1.807) is 0 Å². The van der Waals surface area contributed by atoms with Crippen LogP contribution in [0.3, 0.4) is 0 Å². The van der Waals surface area contributed by atoms with Crippen LogP contribution in [0.4, 0.5) is 0 Å². The van der Waals surface area contributed by atoms with Gasteiger partial charge in [0.1, 0.15) is 0 Å². The van der Waals surface area contributed by atoms with Crippen molar-refractivity contribution < 1.29 is 5.11 Å². The summed E-state index contributed by atoms with van der Waals surface area (Å²) in [6, 6.07) is 0. The molecule has 0 amide bonds. The van der Waals surface area contributed by atoms with Gasteiger partial charge in [-0.05, 0) is 60.0 Å². The molecular formula is C12H29N3O. The summed E-state index contributed by atoms with van der Waals surface area (Å²) < 4.78 is 0. The zero-order valence-electron chi connectivity index (χ0n) is 11.4. The van der Waals surface area contributed by atoms with Gasteiger partial charge in [0.15, 0.2) is 0 Å². The maximum Gasteiger partial charge on any atom is 0.0608 e. The number of nitrogens with two attached hydrogens (primary N) is 1. The van der Waals surface area contributed by atoms with E-state index in [1.807, 2.05) is 6.92 Å². The third-order valence-corrected chi connectivity index (χ3v) is 2.89. The van der Waals surface area contributed by atoms with Crippen molar-refractivity contribution in [2.24, 2.45) is 5.73 Å². The molecule has 0 rings (SSSR count). The molecule has 0 aromatic heterocycles. The molecule has 4 heteroatoms. The summed E-state index contributed by atoms with van der Waals surface area (Å²) in [5, 5.41) is 9.08. The minimum Gasteiger partial charge on any atom is -0.394 e. The highest BCUT2D eigenvalue weighted by Gasteiger charge is 2.17. The Balaban J connectivity index is 3.75. The molecule has 4 nitrogen and oxygen atoms in total. The molecule has 0 aromatic rings. The molecule has 0 radical (unpaired) electrons. The van der Waals surface area contributed by atoms with Crippen molar-refractivity contribution in [3.63, 3.8) is 0 Å². The number of hydrogen-bond donors (Lipinski definition) is 2. The molecule has 0 aliphatic carbocycles. The topological polar surface area (TPSA) is 52.7 Å². The Morgan fingerprint density at radius 2 is 1.81 bits per heavy atom. The van der Waals surface area contributed by atoms with Crippen LogP contribution in [0, 0.1) is 0 Å². The first-order chi connectivity index (χ1) is 7.41. The molecular weight excluding hydrogens is 202 g/mol. The first kappa shape index (κ1) is 15.8. The number of nitrogens with zero attached hydrogens (tertiary/aromatic N) is 2. The number of hydrogen-bond acceptors (Lipinski definition) is 4. The zero-order chi connectivity index (χ0) is 12.6. The Morgan fingerprint density at radius 1 is 1.19 bits per heavy atom. The van der Waals surface area contributed by atoms with E-state index in [1.165, 1.54) is 6.42 Å². The summed E-state index contributed by atoms with van der Waals surface area (Å²) >= 11 is 0. The van der Waals surface area contributed by atoms with Gasteiger partial charge < -0.3 is 20.6 Å². The average Bonchev–Trinajstić information content (AvgIpc) is 2.22. The molecule has 3 N–H and O–H groups in total. The summed E-state index contributed by atoms with van der Waals surface area (Å²) in [6.45, 7) is 8.38. The summed E-state index contributed by atoms with van der Waals surface area (Å²) in [5.74, 6) is 0. The lowest BCUT2D eigenvalue weighted by molar-refractivity contribution is 0.174. The fourth-order valence-electron chi connectivity index (χ4n) is 1.53. The second-order valence-electron chi connectivity index (χ2n) is 5.15. The standard InChI is InChI=1S/C12H29N3O/c1-5-15(9-6-8-14(3)4)10-7-12(2,13)11-16/h16H,5-11,13H2,1-4H3. The first-order valence-electron chi connectivity index (χ1n) is 6.18. The van der Waals surface area contributed by atoms with Crippen molar-refractivity contribution in [1.29, 1.82) is 0 Å². The first-order valence-corrected chi connectivity index (χ1v) is 6.18. The molecule has 98 valence electrons. The molecule has 1 unspecified atom stereocenters. The van der Waals surface area contributed by atoms with E-state index in [4.69, 9.17) is 10.8 Å². The van der Waals surface area contributed by atoms with E-state index >= 15 is 0 Å². The molecule has 0 spiro atoms. The average molecular weight is 231 g/mol. The van der Waals surface area contributed by atoms with Crippen molar-refractivity contribution in [3.05, 3.63) is 0 Å². The molecule has 0 fully saturated rings. The predicted molar refractivity (Wildman–Crippen MR) is 69.6 cm³/mol. The van der Waals surface area contributed by atoms with Crippen LogP contribution in [-0.2, 0) is 0 Å². The van der Waals surface area contributed by atoms with Crippen LogP contribution >= 0.6 is 0 Å². The summed E-state index contributed by atoms with van der Waals surface area (Å²) in [7, 11) is 4.19. The highest BCUT2D eigenvalue weighted by Crippen LogP contribution is 2.06. The lowest BCUT2D eigenvalue weighted by Gasteiger charge is -2.27. The van der Waals surface area contributed by atoms with E-state index in [2.05, 4.69) is 30.8 Å². The summed E-state index contributed by atoms with van der Waals surface area (Å²) in [5.41, 5.74) is 5.48. The minimum atomic E-state index is -0.436. The molecule has 16 heavy (non-hydrogen) atoms. The van der Waals surface area contributed by atoms with Gasteiger partial charge in [0.05, 0.1) is 6.61 Å². The van der Waals surface area contributed by atoms with Crippen molar-refractivity contribution >= 4 is 0 Å². The van der Waals surface area contributed by atoms with E-state index in [0.717, 1.165) is 32.6 Å². The number of aliphatic hydroxyl groups excluding tert-OH is 1. The Labute approximate surface area is 100 Å². The lowest BCUT2D eigenvalue weighted by Crippen LogP contribution is -2.43. The van der Waals surface area contributed by atoms with Gasteiger partial charge in [-0.2, -0.15) is 0 Å². The van der Waals surface area contributed by atoms with Gasteiger partial charge in [-0.1, -0.05) is 6.92 Å². The van der Waals surface area contributed by atoms with Gasteiger partial charge >= 0.3 is 0 Å². The van der Waals surface area contributed by atoms with Crippen LogP contribution in [0.25, 0.3) is 0 Å². The number of rotatable bonds is 9. The minimum absolute atomic E-state index is 0.0578. The smallest absolute Gasteiger partial charge is 0.0608 e. The molecule has 0 saturated carbocycles. The Hall–Kier alpha value is -0.160. The number of aliphatic hydroxyl groups is 1. The third kappa shape index (κ3) is 8.05. The van der Waals surface area contributed by atoms with Crippen molar-refractivity contribution in [1.82, 2.24) is 9.80 Å². The summed E-state index contributed by atoms with van der Waals surface area (Å²) in [6.07, 6.45) is 2.03.